The van der Waals surface area contributed by atoms with Crippen LogP contribution in [0.1, 0.15) is 18.4 Å². The van der Waals surface area contributed by atoms with Crippen molar-refractivity contribution in [3.05, 3.63) is 36.2 Å². The average Bonchev–Trinajstić information content (AvgIpc) is 3.34. The van der Waals surface area contributed by atoms with Crippen LogP contribution in [0.4, 0.5) is 27.8 Å². The number of hydrogen-bond donors (Lipinski definition) is 2. The number of nitrogen functional groups attached to an aromatic ring is 1. The Bertz CT molecular complexity index is 919. The Morgan fingerprint density at radius 3 is 2.45 bits per heavy atom. The van der Waals surface area contributed by atoms with Gasteiger partial charge in [0.05, 0.1) is 11.8 Å². The standard InChI is InChI=1S/C21H28N8O2/c1-31-25-14-18-19(22)23-15-24-20(18)28-10-12-29(13-11-28)21(30)26-16-4-6-17(7-5-16)27-8-2-3-9-27/h4-7,14-15H,2-3,8-13H2,1H3,(H,26,30)(H2,22,23,24)/b25-14+. The average molecular weight is 425 g/mol. The van der Waals surface area contributed by atoms with E-state index in [1.54, 1.807) is 4.90 Å². The van der Waals surface area contributed by atoms with Crippen LogP contribution >= 0.6 is 0 Å². The topological polar surface area (TPSA) is 112 Å². The van der Waals surface area contributed by atoms with Crippen molar-refractivity contribution < 1.29 is 9.63 Å². The zero-order valence-electron chi connectivity index (χ0n) is 17.7. The molecule has 10 nitrogen and oxygen atoms in total. The normalized spacial score (nSPS) is 16.7. The third kappa shape index (κ3) is 4.79. The summed E-state index contributed by atoms with van der Waals surface area (Å²) in [7, 11) is 1.47. The maximum Gasteiger partial charge on any atom is 0.321 e. The number of carbonyl (C=O) groups excluding carboxylic acids is 1. The number of nitrogens with two attached hydrogens (primary N) is 1. The molecular weight excluding hydrogens is 396 g/mol. The highest BCUT2D eigenvalue weighted by molar-refractivity contribution is 5.92. The number of carbonyl (C=O) groups is 1. The molecule has 3 heterocycles. The van der Waals surface area contributed by atoms with E-state index in [-0.39, 0.29) is 6.03 Å². The summed E-state index contributed by atoms with van der Waals surface area (Å²) in [6.07, 6.45) is 5.43. The van der Waals surface area contributed by atoms with Crippen LogP contribution in [0.25, 0.3) is 0 Å². The summed E-state index contributed by atoms with van der Waals surface area (Å²) in [5, 5.41) is 6.79. The van der Waals surface area contributed by atoms with E-state index in [4.69, 9.17) is 10.6 Å². The molecule has 1 aromatic heterocycles. The molecule has 1 aromatic carbocycles. The molecule has 164 valence electrons. The number of nitrogens with one attached hydrogen (secondary N) is 1. The second kappa shape index (κ2) is 9.50. The predicted octanol–water partition coefficient (Wildman–Crippen LogP) is 1.99. The van der Waals surface area contributed by atoms with Crippen LogP contribution in [0, 0.1) is 0 Å². The van der Waals surface area contributed by atoms with Crippen molar-refractivity contribution in [2.45, 2.75) is 12.8 Å². The van der Waals surface area contributed by atoms with Crippen LogP contribution in [0.5, 0.6) is 0 Å². The first-order valence-corrected chi connectivity index (χ1v) is 10.5. The van der Waals surface area contributed by atoms with E-state index in [0.717, 1.165) is 18.8 Å². The van der Waals surface area contributed by atoms with Crippen molar-refractivity contribution in [2.24, 2.45) is 5.16 Å². The van der Waals surface area contributed by atoms with E-state index in [2.05, 4.69) is 42.4 Å². The van der Waals surface area contributed by atoms with Gasteiger partial charge in [0.2, 0.25) is 0 Å². The molecule has 31 heavy (non-hydrogen) atoms. The van der Waals surface area contributed by atoms with E-state index in [0.29, 0.717) is 43.4 Å². The molecule has 10 heteroatoms. The third-order valence-corrected chi connectivity index (χ3v) is 5.64. The lowest BCUT2D eigenvalue weighted by Gasteiger charge is -2.35. The van der Waals surface area contributed by atoms with Crippen LogP contribution in [-0.4, -0.2) is 73.5 Å². The summed E-state index contributed by atoms with van der Waals surface area (Å²) in [4.78, 5) is 32.1. The fourth-order valence-electron chi connectivity index (χ4n) is 3.94. The first-order chi connectivity index (χ1) is 15.2. The Hall–Kier alpha value is -3.56. The molecule has 2 amide bonds. The largest absolute Gasteiger partial charge is 0.399 e. The highest BCUT2D eigenvalue weighted by Crippen LogP contribution is 2.23. The fourth-order valence-corrected chi connectivity index (χ4v) is 3.94. The molecule has 2 aromatic rings. The molecule has 2 aliphatic rings. The van der Waals surface area contributed by atoms with Crippen molar-refractivity contribution >= 4 is 35.3 Å². The SMILES string of the molecule is CO/N=C/c1c(N)ncnc1N1CCN(C(=O)Nc2ccc(N3CCCC3)cc2)CC1. The van der Waals surface area contributed by atoms with E-state index < -0.39 is 0 Å². The molecule has 0 bridgehead atoms. The number of aromatic nitrogens is 2. The lowest BCUT2D eigenvalue weighted by atomic mass is 10.2. The van der Waals surface area contributed by atoms with E-state index in [1.807, 2.05) is 12.1 Å². The quantitative estimate of drug-likeness (QED) is 0.558. The van der Waals surface area contributed by atoms with Crippen LogP contribution in [-0.2, 0) is 4.84 Å². The molecular formula is C21H28N8O2. The Balaban J connectivity index is 1.34. The summed E-state index contributed by atoms with van der Waals surface area (Å²) in [6, 6.07) is 7.97. The second-order valence-electron chi connectivity index (χ2n) is 7.56. The van der Waals surface area contributed by atoms with Gasteiger partial charge < -0.3 is 30.6 Å². The van der Waals surface area contributed by atoms with Crippen molar-refractivity contribution in [3.8, 4) is 0 Å². The first kappa shape index (κ1) is 20.7. The lowest BCUT2D eigenvalue weighted by Crippen LogP contribution is -2.50. The van der Waals surface area contributed by atoms with E-state index >= 15 is 0 Å². The van der Waals surface area contributed by atoms with Gasteiger partial charge in [-0.2, -0.15) is 0 Å². The first-order valence-electron chi connectivity index (χ1n) is 10.5. The van der Waals surface area contributed by atoms with Gasteiger partial charge in [-0.25, -0.2) is 14.8 Å². The smallest absolute Gasteiger partial charge is 0.321 e. The maximum absolute atomic E-state index is 12.7. The van der Waals surface area contributed by atoms with Gasteiger partial charge in [-0.05, 0) is 37.1 Å². The molecule has 0 radical (unpaired) electrons. The number of piperazine rings is 1. The lowest BCUT2D eigenvalue weighted by molar-refractivity contribution is 0.208. The van der Waals surface area contributed by atoms with Crippen LogP contribution in [0.3, 0.4) is 0 Å². The minimum Gasteiger partial charge on any atom is -0.399 e. The number of nitrogens with zero attached hydrogens (tertiary/aromatic N) is 6. The van der Waals surface area contributed by atoms with Crippen molar-refractivity contribution in [1.82, 2.24) is 14.9 Å². The highest BCUT2D eigenvalue weighted by atomic mass is 16.6. The summed E-state index contributed by atoms with van der Waals surface area (Å²) in [5.74, 6) is 1.02. The zero-order valence-corrected chi connectivity index (χ0v) is 17.7. The predicted molar refractivity (Wildman–Crippen MR) is 122 cm³/mol. The summed E-state index contributed by atoms with van der Waals surface area (Å²) < 4.78 is 0. The minimum atomic E-state index is -0.100. The van der Waals surface area contributed by atoms with Crippen LogP contribution in [0.2, 0.25) is 0 Å². The number of anilines is 4. The van der Waals surface area contributed by atoms with Gasteiger partial charge in [0.25, 0.3) is 0 Å². The zero-order chi connectivity index (χ0) is 21.6. The van der Waals surface area contributed by atoms with Gasteiger partial charge in [-0.15, -0.1) is 0 Å². The van der Waals surface area contributed by atoms with Gasteiger partial charge in [-0.3, -0.25) is 0 Å². The van der Waals surface area contributed by atoms with Crippen LogP contribution in [0.15, 0.2) is 35.7 Å². The molecule has 0 atom stereocenters. The third-order valence-electron chi connectivity index (χ3n) is 5.64. The molecule has 0 saturated carbocycles. The molecule has 0 unspecified atom stereocenters. The maximum atomic E-state index is 12.7. The van der Waals surface area contributed by atoms with Crippen molar-refractivity contribution in [2.75, 3.05) is 67.2 Å². The number of oxime groups is 1. The molecule has 2 saturated heterocycles. The van der Waals surface area contributed by atoms with Gasteiger partial charge in [0.15, 0.2) is 0 Å². The number of urea groups is 1. The Labute approximate surface area is 181 Å². The molecule has 3 N–H and O–H groups in total. The monoisotopic (exact) mass is 424 g/mol. The molecule has 4 rings (SSSR count). The number of hydrogen-bond acceptors (Lipinski definition) is 8. The van der Waals surface area contributed by atoms with Crippen LogP contribution < -0.4 is 20.9 Å². The van der Waals surface area contributed by atoms with E-state index in [9.17, 15) is 4.79 Å². The van der Waals surface area contributed by atoms with E-state index in [1.165, 1.54) is 38.2 Å². The molecule has 2 aliphatic heterocycles. The van der Waals surface area contributed by atoms with Gasteiger partial charge in [0.1, 0.15) is 25.1 Å². The summed E-state index contributed by atoms with van der Waals surface area (Å²) in [5.41, 5.74) is 8.60. The molecule has 2 fully saturated rings. The Morgan fingerprint density at radius 2 is 1.77 bits per heavy atom. The number of benzene rings is 1. The van der Waals surface area contributed by atoms with Crippen molar-refractivity contribution in [3.63, 3.8) is 0 Å². The van der Waals surface area contributed by atoms with Gasteiger partial charge in [-0.1, -0.05) is 5.16 Å². The fraction of sp³-hybridized carbons (Fsp3) is 0.429. The van der Waals surface area contributed by atoms with Gasteiger partial charge in [0, 0.05) is 50.6 Å². The minimum absolute atomic E-state index is 0.100. The molecule has 0 spiro atoms. The Kier molecular flexibility index (Phi) is 6.34. The highest BCUT2D eigenvalue weighted by Gasteiger charge is 2.24. The molecule has 0 aliphatic carbocycles. The van der Waals surface area contributed by atoms with Gasteiger partial charge >= 0.3 is 6.03 Å². The second-order valence-corrected chi connectivity index (χ2v) is 7.56. The Morgan fingerprint density at radius 1 is 1.06 bits per heavy atom. The summed E-state index contributed by atoms with van der Waals surface area (Å²) >= 11 is 0. The van der Waals surface area contributed by atoms with Crippen molar-refractivity contribution in [1.29, 1.82) is 0 Å². The number of rotatable bonds is 5. The summed E-state index contributed by atoms with van der Waals surface area (Å²) in [6.45, 7) is 4.61. The number of amides is 2.